The lowest BCUT2D eigenvalue weighted by Crippen LogP contribution is -2.43. The molecule has 2 bridgehead atoms. The van der Waals surface area contributed by atoms with E-state index in [2.05, 4.69) is 10.2 Å². The first-order chi connectivity index (χ1) is 13.6. The third kappa shape index (κ3) is 3.37. The van der Waals surface area contributed by atoms with Crippen LogP contribution in [0.15, 0.2) is 24.3 Å². The molecule has 0 unspecified atom stereocenters. The number of hydrogen-bond donors (Lipinski definition) is 1. The van der Waals surface area contributed by atoms with Crippen molar-refractivity contribution in [2.45, 2.75) is 63.2 Å². The minimum absolute atomic E-state index is 0.0434. The maximum atomic E-state index is 13.5. The summed E-state index contributed by atoms with van der Waals surface area (Å²) >= 11 is 0. The highest BCUT2D eigenvalue weighted by Crippen LogP contribution is 2.54. The van der Waals surface area contributed by atoms with E-state index in [0.29, 0.717) is 17.9 Å². The number of hydrogen-bond acceptors (Lipinski definition) is 3. The summed E-state index contributed by atoms with van der Waals surface area (Å²) in [6, 6.07) is 6.91. The summed E-state index contributed by atoms with van der Waals surface area (Å²) in [5, 5.41) is 3.27. The summed E-state index contributed by atoms with van der Waals surface area (Å²) in [5.41, 5.74) is 0.978. The lowest BCUT2D eigenvalue weighted by atomic mass is 9.73. The number of fused-ring (bicyclic) bond motifs is 1. The lowest BCUT2D eigenvalue weighted by molar-refractivity contribution is -0.126. The van der Waals surface area contributed by atoms with Gasteiger partial charge in [0, 0.05) is 43.9 Å². The Bertz CT molecular complexity index is 735. The number of halogens is 1. The van der Waals surface area contributed by atoms with Crippen LogP contribution in [0, 0.1) is 23.6 Å². The van der Waals surface area contributed by atoms with Crippen LogP contribution in [0.3, 0.4) is 0 Å². The van der Waals surface area contributed by atoms with E-state index in [4.69, 9.17) is 4.74 Å². The fraction of sp³-hybridized carbons (Fsp3) is 0.696. The Morgan fingerprint density at radius 3 is 2.93 bits per heavy atom. The zero-order valence-electron chi connectivity index (χ0n) is 16.5. The Kier molecular flexibility index (Phi) is 4.92. The third-order valence-corrected chi connectivity index (χ3v) is 7.64. The highest BCUT2D eigenvalue weighted by molar-refractivity contribution is 5.78. The van der Waals surface area contributed by atoms with E-state index in [9.17, 15) is 9.18 Å². The van der Waals surface area contributed by atoms with Crippen molar-refractivity contribution < 1.29 is 13.9 Å². The Morgan fingerprint density at radius 1 is 1.25 bits per heavy atom. The van der Waals surface area contributed by atoms with E-state index in [-0.39, 0.29) is 23.2 Å². The predicted molar refractivity (Wildman–Crippen MR) is 105 cm³/mol. The maximum Gasteiger partial charge on any atom is 0.223 e. The first-order valence-electron chi connectivity index (χ1n) is 11.1. The largest absolute Gasteiger partial charge is 0.370 e. The maximum absolute atomic E-state index is 13.5. The van der Waals surface area contributed by atoms with Gasteiger partial charge in [-0.05, 0) is 43.4 Å². The van der Waals surface area contributed by atoms with Crippen LogP contribution in [0.5, 0.6) is 0 Å². The Labute approximate surface area is 166 Å². The first-order valence-corrected chi connectivity index (χ1v) is 11.1. The van der Waals surface area contributed by atoms with E-state index in [1.54, 1.807) is 12.1 Å². The molecule has 1 aromatic rings. The highest BCUT2D eigenvalue weighted by Gasteiger charge is 2.62. The number of ether oxygens (including phenoxy) is 1. The van der Waals surface area contributed by atoms with Gasteiger partial charge in [-0.25, -0.2) is 4.39 Å². The summed E-state index contributed by atoms with van der Waals surface area (Å²) < 4.78 is 20.0. The molecule has 0 radical (unpaired) electrons. The molecule has 1 aliphatic carbocycles. The molecule has 3 aliphatic heterocycles. The summed E-state index contributed by atoms with van der Waals surface area (Å²) in [6.07, 6.45) is 8.27. The second kappa shape index (κ2) is 7.42. The number of benzene rings is 1. The van der Waals surface area contributed by atoms with Gasteiger partial charge in [0.15, 0.2) is 0 Å². The van der Waals surface area contributed by atoms with E-state index < -0.39 is 0 Å². The van der Waals surface area contributed by atoms with Crippen molar-refractivity contribution in [1.82, 2.24) is 10.2 Å². The molecule has 1 spiro atoms. The molecule has 5 rings (SSSR count). The van der Waals surface area contributed by atoms with Crippen molar-refractivity contribution in [2.75, 3.05) is 19.6 Å². The smallest absolute Gasteiger partial charge is 0.223 e. The number of carbonyl (C=O) groups excluding carboxylic acids is 1. The van der Waals surface area contributed by atoms with Crippen LogP contribution < -0.4 is 5.32 Å². The molecular formula is C23H31FN2O2. The second-order valence-electron chi connectivity index (χ2n) is 9.41. The van der Waals surface area contributed by atoms with Gasteiger partial charge in [0.1, 0.15) is 5.82 Å². The monoisotopic (exact) mass is 386 g/mol. The van der Waals surface area contributed by atoms with Crippen molar-refractivity contribution in [3.8, 4) is 0 Å². The van der Waals surface area contributed by atoms with Gasteiger partial charge in [-0.15, -0.1) is 0 Å². The molecule has 3 heterocycles. The quantitative estimate of drug-likeness (QED) is 0.842. The number of carbonyl (C=O) groups is 1. The van der Waals surface area contributed by atoms with Crippen LogP contribution in [-0.2, 0) is 16.1 Å². The topological polar surface area (TPSA) is 41.6 Å². The van der Waals surface area contributed by atoms with Gasteiger partial charge < -0.3 is 10.1 Å². The number of nitrogens with zero attached hydrogens (tertiary/aromatic N) is 1. The molecule has 1 aromatic carbocycles. The molecule has 5 heteroatoms. The molecule has 3 saturated heterocycles. The van der Waals surface area contributed by atoms with Crippen LogP contribution in [0.1, 0.15) is 50.5 Å². The van der Waals surface area contributed by atoms with E-state index in [1.807, 2.05) is 6.07 Å². The number of nitrogens with one attached hydrogen (secondary N) is 1. The van der Waals surface area contributed by atoms with Gasteiger partial charge in [-0.1, -0.05) is 31.4 Å². The fourth-order valence-corrected chi connectivity index (χ4v) is 6.30. The molecule has 1 amide bonds. The van der Waals surface area contributed by atoms with Crippen molar-refractivity contribution in [3.63, 3.8) is 0 Å². The Balaban J connectivity index is 1.21. The molecule has 4 aliphatic rings. The molecular weight excluding hydrogens is 355 g/mol. The Hall–Kier alpha value is -1.46. The molecule has 1 saturated carbocycles. The normalized spacial score (nSPS) is 35.2. The minimum atomic E-state index is -0.171. The van der Waals surface area contributed by atoms with Gasteiger partial charge in [0.05, 0.1) is 11.7 Å². The molecule has 28 heavy (non-hydrogen) atoms. The molecule has 4 nitrogen and oxygen atoms in total. The number of rotatable bonds is 5. The lowest BCUT2D eigenvalue weighted by Gasteiger charge is -2.30. The average Bonchev–Trinajstić information content (AvgIpc) is 3.35. The predicted octanol–water partition coefficient (Wildman–Crippen LogP) is 3.50. The van der Waals surface area contributed by atoms with Gasteiger partial charge in [-0.3, -0.25) is 9.69 Å². The molecule has 152 valence electrons. The fourth-order valence-electron chi connectivity index (χ4n) is 6.30. The summed E-state index contributed by atoms with van der Waals surface area (Å²) in [6.45, 7) is 3.43. The van der Waals surface area contributed by atoms with Crippen LogP contribution >= 0.6 is 0 Å². The van der Waals surface area contributed by atoms with Gasteiger partial charge in [0.2, 0.25) is 5.91 Å². The van der Waals surface area contributed by atoms with Crippen molar-refractivity contribution in [2.24, 2.45) is 17.8 Å². The van der Waals surface area contributed by atoms with Gasteiger partial charge >= 0.3 is 0 Å². The van der Waals surface area contributed by atoms with Crippen LogP contribution in [-0.4, -0.2) is 42.1 Å². The summed E-state index contributed by atoms with van der Waals surface area (Å²) in [7, 11) is 0. The first kappa shape index (κ1) is 18.6. The molecule has 4 atom stereocenters. The standard InChI is InChI=1S/C23H31FN2O2/c24-18-8-4-5-16(11-18)13-26-14-20-19(21-9-10-23(20,15-26)28-21)12-25-22(27)17-6-2-1-3-7-17/h4-5,8,11,17,19-21H,1-3,6-7,9-10,12-15H2,(H,25,27)/t19-,20+,21+,23+/m0/s1. The van der Waals surface area contributed by atoms with Crippen molar-refractivity contribution >= 4 is 5.91 Å². The summed E-state index contributed by atoms with van der Waals surface area (Å²) in [5.74, 6) is 1.20. The van der Waals surface area contributed by atoms with Crippen molar-refractivity contribution in [3.05, 3.63) is 35.6 Å². The zero-order chi connectivity index (χ0) is 19.1. The summed E-state index contributed by atoms with van der Waals surface area (Å²) in [4.78, 5) is 15.0. The van der Waals surface area contributed by atoms with Crippen LogP contribution in [0.25, 0.3) is 0 Å². The van der Waals surface area contributed by atoms with E-state index in [0.717, 1.165) is 57.4 Å². The van der Waals surface area contributed by atoms with Crippen LogP contribution in [0.2, 0.25) is 0 Å². The molecule has 0 aromatic heterocycles. The zero-order valence-corrected chi connectivity index (χ0v) is 16.5. The van der Waals surface area contributed by atoms with E-state index in [1.165, 1.54) is 25.3 Å². The highest BCUT2D eigenvalue weighted by atomic mass is 19.1. The van der Waals surface area contributed by atoms with Crippen LogP contribution in [0.4, 0.5) is 4.39 Å². The molecule has 1 N–H and O–H groups in total. The van der Waals surface area contributed by atoms with Gasteiger partial charge in [-0.2, -0.15) is 0 Å². The van der Waals surface area contributed by atoms with E-state index >= 15 is 0 Å². The van der Waals surface area contributed by atoms with Gasteiger partial charge in [0.25, 0.3) is 0 Å². The number of amides is 1. The minimum Gasteiger partial charge on any atom is -0.370 e. The second-order valence-corrected chi connectivity index (χ2v) is 9.41. The third-order valence-electron chi connectivity index (χ3n) is 7.64. The SMILES string of the molecule is O=C(NC[C@H]1[C@H]2CN(Cc3cccc(F)c3)C[C@]23CC[C@H]1O3)C1CCCCC1. The molecule has 4 fully saturated rings. The van der Waals surface area contributed by atoms with Crippen molar-refractivity contribution in [1.29, 1.82) is 0 Å². The Morgan fingerprint density at radius 2 is 2.11 bits per heavy atom. The average molecular weight is 387 g/mol. The number of likely N-dealkylation sites (tertiary alicyclic amines) is 1.